The molecule has 0 bridgehead atoms. The third-order valence-electron chi connectivity index (χ3n) is 4.58. The average molecular weight is 249 g/mol. The van der Waals surface area contributed by atoms with Crippen molar-refractivity contribution in [2.45, 2.75) is 75.7 Å². The molecule has 0 unspecified atom stereocenters. The van der Waals surface area contributed by atoms with Gasteiger partial charge in [0.15, 0.2) is 5.82 Å². The first-order valence-electron chi connectivity index (χ1n) is 7.41. The van der Waals surface area contributed by atoms with E-state index in [1.165, 1.54) is 51.4 Å². The van der Waals surface area contributed by atoms with Gasteiger partial charge in [-0.3, -0.25) is 0 Å². The summed E-state index contributed by atoms with van der Waals surface area (Å²) in [6.45, 7) is 0. The summed E-state index contributed by atoms with van der Waals surface area (Å²) in [6.07, 6.45) is 12.0. The lowest BCUT2D eigenvalue weighted by molar-refractivity contribution is 0.282. The number of nitrogens with two attached hydrogens (primary N) is 1. The second-order valence-corrected chi connectivity index (χ2v) is 6.01. The molecule has 4 nitrogen and oxygen atoms in total. The highest BCUT2D eigenvalue weighted by Gasteiger charge is 2.37. The van der Waals surface area contributed by atoms with Gasteiger partial charge in [0.2, 0.25) is 5.89 Å². The molecule has 2 saturated carbocycles. The SMILES string of the molecule is NC1(c2nc(C3CCCCCC3)no2)CCCC1. The summed E-state index contributed by atoms with van der Waals surface area (Å²) in [5, 5.41) is 4.21. The fourth-order valence-corrected chi connectivity index (χ4v) is 3.36. The second-order valence-electron chi connectivity index (χ2n) is 6.01. The number of rotatable bonds is 2. The third kappa shape index (κ3) is 2.30. The third-order valence-corrected chi connectivity index (χ3v) is 4.58. The van der Waals surface area contributed by atoms with E-state index in [1.807, 2.05) is 0 Å². The van der Waals surface area contributed by atoms with Crippen molar-refractivity contribution >= 4 is 0 Å². The van der Waals surface area contributed by atoms with E-state index in [1.54, 1.807) is 0 Å². The standard InChI is InChI=1S/C14H23N3O/c15-14(9-5-6-10-14)13-16-12(17-18-13)11-7-3-1-2-4-8-11/h11H,1-10,15H2. The molecule has 0 amide bonds. The van der Waals surface area contributed by atoms with E-state index in [0.717, 1.165) is 18.7 Å². The molecule has 3 rings (SSSR count). The van der Waals surface area contributed by atoms with E-state index in [4.69, 9.17) is 10.3 Å². The zero-order chi connectivity index (χ0) is 12.4. The van der Waals surface area contributed by atoms with Gasteiger partial charge in [0.25, 0.3) is 0 Å². The number of hydrogen-bond acceptors (Lipinski definition) is 4. The molecule has 100 valence electrons. The Bertz CT molecular complexity index is 387. The van der Waals surface area contributed by atoms with Gasteiger partial charge in [0.05, 0.1) is 5.54 Å². The zero-order valence-electron chi connectivity index (χ0n) is 11.0. The molecule has 2 aliphatic carbocycles. The molecule has 1 heterocycles. The van der Waals surface area contributed by atoms with Crippen molar-refractivity contribution in [2.24, 2.45) is 5.73 Å². The molecule has 0 spiro atoms. The van der Waals surface area contributed by atoms with Gasteiger partial charge >= 0.3 is 0 Å². The summed E-state index contributed by atoms with van der Waals surface area (Å²) in [6, 6.07) is 0. The minimum Gasteiger partial charge on any atom is -0.337 e. The first kappa shape index (κ1) is 12.2. The monoisotopic (exact) mass is 249 g/mol. The fraction of sp³-hybridized carbons (Fsp3) is 0.857. The van der Waals surface area contributed by atoms with Gasteiger partial charge in [-0.15, -0.1) is 0 Å². The number of hydrogen-bond donors (Lipinski definition) is 1. The Labute approximate surface area is 108 Å². The lowest BCUT2D eigenvalue weighted by atomic mass is 9.98. The van der Waals surface area contributed by atoms with Gasteiger partial charge in [-0.2, -0.15) is 4.98 Å². The molecule has 0 radical (unpaired) electrons. The first-order valence-corrected chi connectivity index (χ1v) is 7.41. The molecular weight excluding hydrogens is 226 g/mol. The Hall–Kier alpha value is -0.900. The van der Waals surface area contributed by atoms with Gasteiger partial charge in [0, 0.05) is 5.92 Å². The first-order chi connectivity index (χ1) is 8.78. The van der Waals surface area contributed by atoms with Gasteiger partial charge in [-0.1, -0.05) is 43.7 Å². The van der Waals surface area contributed by atoms with Crippen LogP contribution in [0.15, 0.2) is 4.52 Å². The van der Waals surface area contributed by atoms with E-state index in [0.29, 0.717) is 11.8 Å². The predicted octanol–water partition coefficient (Wildman–Crippen LogP) is 3.24. The van der Waals surface area contributed by atoms with Crippen LogP contribution in [0.2, 0.25) is 0 Å². The summed E-state index contributed by atoms with van der Waals surface area (Å²) in [5.74, 6) is 2.08. The molecule has 2 fully saturated rings. The number of nitrogens with zero attached hydrogens (tertiary/aromatic N) is 2. The molecule has 0 saturated heterocycles. The lowest BCUT2D eigenvalue weighted by Crippen LogP contribution is -2.33. The Morgan fingerprint density at radius 3 is 2.33 bits per heavy atom. The molecule has 0 aromatic carbocycles. The van der Waals surface area contributed by atoms with Crippen molar-refractivity contribution in [1.82, 2.24) is 10.1 Å². The van der Waals surface area contributed by atoms with Gasteiger partial charge < -0.3 is 10.3 Å². The lowest BCUT2D eigenvalue weighted by Gasteiger charge is -2.17. The van der Waals surface area contributed by atoms with Crippen LogP contribution < -0.4 is 5.73 Å². The van der Waals surface area contributed by atoms with Gasteiger partial charge in [-0.05, 0) is 25.7 Å². The van der Waals surface area contributed by atoms with Crippen LogP contribution in [-0.2, 0) is 5.54 Å². The summed E-state index contributed by atoms with van der Waals surface area (Å²) < 4.78 is 5.46. The maximum atomic E-state index is 6.36. The van der Waals surface area contributed by atoms with E-state index >= 15 is 0 Å². The van der Waals surface area contributed by atoms with Crippen molar-refractivity contribution in [3.8, 4) is 0 Å². The number of aromatic nitrogens is 2. The molecule has 1 aromatic heterocycles. The highest BCUT2D eigenvalue weighted by atomic mass is 16.5. The summed E-state index contributed by atoms with van der Waals surface area (Å²) in [4.78, 5) is 4.63. The summed E-state index contributed by atoms with van der Waals surface area (Å²) >= 11 is 0. The van der Waals surface area contributed by atoms with Crippen LogP contribution in [0.5, 0.6) is 0 Å². The largest absolute Gasteiger partial charge is 0.337 e. The fourth-order valence-electron chi connectivity index (χ4n) is 3.36. The quantitative estimate of drug-likeness (QED) is 0.817. The zero-order valence-corrected chi connectivity index (χ0v) is 11.0. The Morgan fingerprint density at radius 2 is 1.67 bits per heavy atom. The molecule has 2 aliphatic rings. The Morgan fingerprint density at radius 1 is 1.00 bits per heavy atom. The van der Waals surface area contributed by atoms with E-state index < -0.39 is 0 Å². The van der Waals surface area contributed by atoms with E-state index in [-0.39, 0.29) is 5.54 Å². The van der Waals surface area contributed by atoms with Gasteiger partial charge in [0.1, 0.15) is 0 Å². The Kier molecular flexibility index (Phi) is 3.37. The summed E-state index contributed by atoms with van der Waals surface area (Å²) in [5.41, 5.74) is 6.02. The molecule has 4 heteroatoms. The summed E-state index contributed by atoms with van der Waals surface area (Å²) in [7, 11) is 0. The van der Waals surface area contributed by atoms with Crippen LogP contribution in [-0.4, -0.2) is 10.1 Å². The topological polar surface area (TPSA) is 64.9 Å². The maximum absolute atomic E-state index is 6.36. The smallest absolute Gasteiger partial charge is 0.246 e. The van der Waals surface area contributed by atoms with Crippen LogP contribution in [0.3, 0.4) is 0 Å². The highest BCUT2D eigenvalue weighted by molar-refractivity contribution is 5.07. The highest BCUT2D eigenvalue weighted by Crippen LogP contribution is 2.37. The predicted molar refractivity (Wildman–Crippen MR) is 69.1 cm³/mol. The van der Waals surface area contributed by atoms with Crippen LogP contribution in [0.4, 0.5) is 0 Å². The second kappa shape index (κ2) is 5.00. The van der Waals surface area contributed by atoms with Crippen molar-refractivity contribution in [3.05, 3.63) is 11.7 Å². The van der Waals surface area contributed by atoms with Crippen molar-refractivity contribution in [2.75, 3.05) is 0 Å². The van der Waals surface area contributed by atoms with Crippen molar-refractivity contribution in [1.29, 1.82) is 0 Å². The maximum Gasteiger partial charge on any atom is 0.246 e. The average Bonchev–Trinajstić information content (AvgIpc) is 2.94. The van der Waals surface area contributed by atoms with Crippen LogP contribution >= 0.6 is 0 Å². The van der Waals surface area contributed by atoms with E-state index in [2.05, 4.69) is 10.1 Å². The molecule has 2 N–H and O–H groups in total. The van der Waals surface area contributed by atoms with E-state index in [9.17, 15) is 0 Å². The normalized spacial score (nSPS) is 25.2. The molecular formula is C14H23N3O. The van der Waals surface area contributed by atoms with Crippen LogP contribution in [0.1, 0.15) is 81.8 Å². The van der Waals surface area contributed by atoms with Crippen molar-refractivity contribution in [3.63, 3.8) is 0 Å². The van der Waals surface area contributed by atoms with Crippen LogP contribution in [0.25, 0.3) is 0 Å². The Balaban J connectivity index is 1.76. The molecule has 0 atom stereocenters. The molecule has 1 aromatic rings. The van der Waals surface area contributed by atoms with Gasteiger partial charge in [-0.25, -0.2) is 0 Å². The minimum absolute atomic E-state index is 0.337. The molecule has 0 aliphatic heterocycles. The van der Waals surface area contributed by atoms with Crippen molar-refractivity contribution < 1.29 is 4.52 Å². The minimum atomic E-state index is -0.337. The molecule has 18 heavy (non-hydrogen) atoms. The van der Waals surface area contributed by atoms with Crippen LogP contribution in [0, 0.1) is 0 Å².